The molecule has 3 heterocycles. The molecule has 0 radical (unpaired) electrons. The molecular formula is C26H22Cl3N7. The molecule has 0 amide bonds. The van der Waals surface area contributed by atoms with Crippen molar-refractivity contribution in [1.82, 2.24) is 25.4 Å². The fourth-order valence-corrected chi connectivity index (χ4v) is 4.66. The SMILES string of the molecule is Cc1nnc2n1-c1ccc(Cl)cc1C(c1ccccc1)=NC2.Clc1cccc(Cl)c1N=C1NCCN1. The number of fused-ring (bicyclic) bond motifs is 3. The van der Waals surface area contributed by atoms with Crippen molar-refractivity contribution in [3.05, 3.63) is 105 Å². The molecule has 10 heteroatoms. The van der Waals surface area contributed by atoms with E-state index < -0.39 is 0 Å². The van der Waals surface area contributed by atoms with Gasteiger partial charge in [0.2, 0.25) is 0 Å². The lowest BCUT2D eigenvalue weighted by molar-refractivity contribution is 0.862. The Morgan fingerprint density at radius 2 is 1.58 bits per heavy atom. The van der Waals surface area contributed by atoms with Crippen LogP contribution in [0.25, 0.3) is 5.69 Å². The summed E-state index contributed by atoms with van der Waals surface area (Å²) >= 11 is 18.1. The van der Waals surface area contributed by atoms with Crippen LogP contribution in [0.1, 0.15) is 22.8 Å². The van der Waals surface area contributed by atoms with E-state index in [1.807, 2.05) is 47.9 Å². The van der Waals surface area contributed by atoms with Crippen LogP contribution in [0.5, 0.6) is 0 Å². The molecule has 36 heavy (non-hydrogen) atoms. The molecule has 1 saturated heterocycles. The summed E-state index contributed by atoms with van der Waals surface area (Å²) in [5.41, 5.74) is 4.63. The molecule has 1 fully saturated rings. The van der Waals surface area contributed by atoms with Crippen molar-refractivity contribution in [3.8, 4) is 5.69 Å². The third-order valence-electron chi connectivity index (χ3n) is 5.64. The number of benzene rings is 3. The number of aryl methyl sites for hydroxylation is 1. The number of rotatable bonds is 2. The zero-order chi connectivity index (χ0) is 25.1. The average molecular weight is 539 g/mol. The van der Waals surface area contributed by atoms with E-state index in [0.717, 1.165) is 53.2 Å². The standard InChI is InChI=1S/C17H13ClN4.C9H9Cl2N3/c1-11-20-21-16-10-19-17(12-5-3-2-4-6-12)14-9-13(18)7-8-15(14)22(11)16;10-6-2-1-3-7(11)8(6)14-9-12-4-5-13-9/h2-9H,10H2,1H3;1-3H,4-5H2,(H2,12,13,14). The third-order valence-corrected chi connectivity index (χ3v) is 6.49. The minimum atomic E-state index is 0.497. The molecule has 4 aromatic rings. The number of para-hydroxylation sites is 1. The van der Waals surface area contributed by atoms with Gasteiger partial charge in [-0.25, -0.2) is 4.99 Å². The van der Waals surface area contributed by atoms with E-state index in [1.54, 1.807) is 18.2 Å². The van der Waals surface area contributed by atoms with Gasteiger partial charge in [0.15, 0.2) is 11.8 Å². The number of guanidine groups is 1. The molecule has 0 unspecified atom stereocenters. The van der Waals surface area contributed by atoms with E-state index in [9.17, 15) is 0 Å². The van der Waals surface area contributed by atoms with E-state index >= 15 is 0 Å². The Morgan fingerprint density at radius 3 is 2.31 bits per heavy atom. The summed E-state index contributed by atoms with van der Waals surface area (Å²) in [6, 6.07) is 21.3. The van der Waals surface area contributed by atoms with E-state index in [4.69, 9.17) is 39.8 Å². The maximum absolute atomic E-state index is 6.23. The van der Waals surface area contributed by atoms with Crippen LogP contribution in [0.15, 0.2) is 76.7 Å². The van der Waals surface area contributed by atoms with Crippen LogP contribution >= 0.6 is 34.8 Å². The summed E-state index contributed by atoms with van der Waals surface area (Å²) in [5, 5.41) is 16.4. The lowest BCUT2D eigenvalue weighted by Gasteiger charge is -2.12. The quantitative estimate of drug-likeness (QED) is 0.340. The molecule has 2 aliphatic rings. The van der Waals surface area contributed by atoms with Crippen LogP contribution in [-0.2, 0) is 6.54 Å². The second-order valence-corrected chi connectivity index (χ2v) is 9.33. The number of hydrogen-bond acceptors (Lipinski definition) is 4. The van der Waals surface area contributed by atoms with Crippen LogP contribution in [0.3, 0.4) is 0 Å². The van der Waals surface area contributed by atoms with Gasteiger partial charge in [0, 0.05) is 29.2 Å². The van der Waals surface area contributed by atoms with Gasteiger partial charge in [0.1, 0.15) is 18.1 Å². The van der Waals surface area contributed by atoms with E-state index in [2.05, 4.69) is 38.0 Å². The molecule has 2 aliphatic heterocycles. The molecule has 0 atom stereocenters. The van der Waals surface area contributed by atoms with Gasteiger partial charge in [0.05, 0.1) is 21.4 Å². The topological polar surface area (TPSA) is 79.5 Å². The van der Waals surface area contributed by atoms with Crippen LogP contribution in [-0.4, -0.2) is 39.5 Å². The zero-order valence-electron chi connectivity index (χ0n) is 19.3. The largest absolute Gasteiger partial charge is 0.354 e. The smallest absolute Gasteiger partial charge is 0.196 e. The Bertz CT molecular complexity index is 1430. The fraction of sp³-hybridized carbons (Fsp3) is 0.154. The summed E-state index contributed by atoms with van der Waals surface area (Å²) < 4.78 is 2.05. The number of aromatic nitrogens is 3. The van der Waals surface area contributed by atoms with Crippen LogP contribution in [0.2, 0.25) is 15.1 Å². The zero-order valence-corrected chi connectivity index (χ0v) is 21.6. The van der Waals surface area contributed by atoms with E-state index in [1.165, 1.54) is 0 Å². The molecule has 0 aliphatic carbocycles. The van der Waals surface area contributed by atoms with Crippen molar-refractivity contribution in [2.75, 3.05) is 13.1 Å². The summed E-state index contributed by atoms with van der Waals surface area (Å²) in [6.07, 6.45) is 0. The molecule has 182 valence electrons. The number of nitrogens with zero attached hydrogens (tertiary/aromatic N) is 5. The Hall–Kier alpha value is -3.39. The first-order valence-electron chi connectivity index (χ1n) is 11.3. The minimum Gasteiger partial charge on any atom is -0.354 e. The molecule has 6 rings (SSSR count). The summed E-state index contributed by atoms with van der Waals surface area (Å²) in [7, 11) is 0. The van der Waals surface area contributed by atoms with Crippen LogP contribution < -0.4 is 10.6 Å². The van der Waals surface area contributed by atoms with Gasteiger partial charge in [0.25, 0.3) is 0 Å². The van der Waals surface area contributed by atoms with Gasteiger partial charge in [-0.15, -0.1) is 10.2 Å². The van der Waals surface area contributed by atoms with Gasteiger partial charge in [-0.05, 0) is 37.3 Å². The molecule has 0 bridgehead atoms. The van der Waals surface area contributed by atoms with E-state index in [-0.39, 0.29) is 0 Å². The van der Waals surface area contributed by atoms with Crippen molar-refractivity contribution in [2.24, 2.45) is 9.98 Å². The summed E-state index contributed by atoms with van der Waals surface area (Å²) in [6.45, 7) is 4.20. The second kappa shape index (κ2) is 10.7. The van der Waals surface area contributed by atoms with Crippen LogP contribution in [0, 0.1) is 6.92 Å². The molecule has 2 N–H and O–H groups in total. The maximum atomic E-state index is 6.23. The predicted octanol–water partition coefficient (Wildman–Crippen LogP) is 5.75. The average Bonchev–Trinajstić information content (AvgIpc) is 3.49. The number of nitrogens with one attached hydrogen (secondary N) is 2. The van der Waals surface area contributed by atoms with Crippen molar-refractivity contribution in [2.45, 2.75) is 13.5 Å². The number of aliphatic imine (C=N–C) groups is 2. The summed E-state index contributed by atoms with van der Waals surface area (Å²) in [5.74, 6) is 2.41. The minimum absolute atomic E-state index is 0.497. The van der Waals surface area contributed by atoms with E-state index in [0.29, 0.717) is 27.3 Å². The van der Waals surface area contributed by atoms with Gasteiger partial charge in [-0.1, -0.05) is 71.2 Å². The fourth-order valence-electron chi connectivity index (χ4n) is 4.00. The Balaban J connectivity index is 0.000000165. The molecule has 0 saturated carbocycles. The molecule has 1 aromatic heterocycles. The lowest BCUT2D eigenvalue weighted by Crippen LogP contribution is -2.23. The lowest BCUT2D eigenvalue weighted by atomic mass is 10.0. The van der Waals surface area contributed by atoms with Gasteiger partial charge in [-0.2, -0.15) is 0 Å². The van der Waals surface area contributed by atoms with Gasteiger partial charge in [-0.3, -0.25) is 9.56 Å². The Morgan fingerprint density at radius 1 is 0.861 bits per heavy atom. The number of hydrogen-bond donors (Lipinski definition) is 2. The highest BCUT2D eigenvalue weighted by atomic mass is 35.5. The Kier molecular flexibility index (Phi) is 7.23. The van der Waals surface area contributed by atoms with Crippen molar-refractivity contribution < 1.29 is 0 Å². The second-order valence-electron chi connectivity index (χ2n) is 8.08. The maximum Gasteiger partial charge on any atom is 0.196 e. The van der Waals surface area contributed by atoms with Crippen molar-refractivity contribution in [3.63, 3.8) is 0 Å². The molecular weight excluding hydrogens is 517 g/mol. The molecule has 3 aromatic carbocycles. The highest BCUT2D eigenvalue weighted by molar-refractivity contribution is 6.38. The highest BCUT2D eigenvalue weighted by Gasteiger charge is 2.21. The first-order valence-corrected chi connectivity index (χ1v) is 12.5. The highest BCUT2D eigenvalue weighted by Crippen LogP contribution is 2.32. The normalized spacial score (nSPS) is 13.8. The van der Waals surface area contributed by atoms with Crippen molar-refractivity contribution in [1.29, 1.82) is 0 Å². The van der Waals surface area contributed by atoms with Gasteiger partial charge < -0.3 is 10.6 Å². The molecule has 0 spiro atoms. The molecule has 7 nitrogen and oxygen atoms in total. The monoisotopic (exact) mass is 537 g/mol. The van der Waals surface area contributed by atoms with Crippen molar-refractivity contribution >= 4 is 52.2 Å². The van der Waals surface area contributed by atoms with Crippen LogP contribution in [0.4, 0.5) is 5.69 Å². The first kappa shape index (κ1) is 24.3. The summed E-state index contributed by atoms with van der Waals surface area (Å²) in [4.78, 5) is 9.05. The first-order chi connectivity index (χ1) is 17.5. The predicted molar refractivity (Wildman–Crippen MR) is 146 cm³/mol. The van der Waals surface area contributed by atoms with Gasteiger partial charge >= 0.3 is 0 Å². The third kappa shape index (κ3) is 5.09. The number of halogens is 3. The Labute approximate surface area is 223 Å².